The summed E-state index contributed by atoms with van der Waals surface area (Å²) in [5, 5.41) is 0. The van der Waals surface area contributed by atoms with Gasteiger partial charge in [-0.05, 0) is 0 Å². The molecule has 0 heterocycles. The molecule has 53 heteroatoms. The molecule has 0 aromatic heterocycles. The fourth-order valence-corrected chi connectivity index (χ4v) is 10.4. The van der Waals surface area contributed by atoms with E-state index in [9.17, 15) is 193 Å². The lowest BCUT2D eigenvalue weighted by Gasteiger charge is -2.42. The Kier molecular flexibility index (Phi) is 20.7. The Bertz CT molecular complexity index is 1960. The fourth-order valence-electron chi connectivity index (χ4n) is 6.02. The van der Waals surface area contributed by atoms with Crippen molar-refractivity contribution in [1.29, 1.82) is 0 Å². The van der Waals surface area contributed by atoms with E-state index in [0.29, 0.717) is 0 Å². The van der Waals surface area contributed by atoms with Gasteiger partial charge in [-0.15, -0.1) is 0 Å². The van der Waals surface area contributed by atoms with Crippen LogP contribution in [-0.2, 0) is 0 Å². The van der Waals surface area contributed by atoms with Gasteiger partial charge in [0.1, 0.15) is 0 Å². The largest absolute Gasteiger partial charge is 0.460 e. The monoisotopic (exact) mass is 1420 g/mol. The normalized spacial score (nSPS) is 17.1. The van der Waals surface area contributed by atoms with E-state index in [2.05, 4.69) is 0 Å². The minimum absolute atomic E-state index is 4.41. The predicted octanol–water partition coefficient (Wildman–Crippen LogP) is 19.5. The molecule has 0 radical (unpaired) electrons. The Morgan fingerprint density at radius 1 is 0.129 bits per heavy atom. The first-order valence-electron chi connectivity index (χ1n) is 19.5. The Morgan fingerprint density at radius 2 is 0.224 bits per heavy atom. The van der Waals surface area contributed by atoms with Crippen LogP contribution in [0.1, 0.15) is 25.7 Å². The molecule has 0 unspecified atom stereocenters. The standard InChI is InChI=1S/C32H16F52P/c33-9(34,13(41,42)17(49,50)21(57,58)25(65,66)29(73,74)75)1-5-85(6-2-10(35,36)14(43,44)18(51,52)22(59,60)26(67,68)30(76,77)78,7-3-11(37,38)15(45,46)19(53,54)23(61,62)27(69,70)31(79,80)81)8-4-12(39,40)16(47,48)20(55,56)24(63,64)28(71,72)32(82,83)84/h1-8H2/q+1. The van der Waals surface area contributed by atoms with Crippen LogP contribution in [0, 0.1) is 0 Å². The van der Waals surface area contributed by atoms with Gasteiger partial charge in [-0.25, -0.2) is 0 Å². The molecule has 0 nitrogen and oxygen atoms in total. The van der Waals surface area contributed by atoms with Gasteiger partial charge >= 0.3 is 143 Å². The SMILES string of the molecule is FC(F)(F)C(F)(F)C(F)(F)C(F)(F)C(F)(F)C(F)(F)CC[P+](CCC(F)(F)C(F)(F)C(F)(F)C(F)(F)C(F)(F)C(F)(F)F)(CCC(F)(F)C(F)(F)C(F)(F)C(F)(F)C(F)(F)C(F)(F)F)CCC(F)(F)C(F)(F)C(F)(F)C(F)(F)C(F)(F)C(F)(F)F. The Morgan fingerprint density at radius 3 is 0.318 bits per heavy atom. The van der Waals surface area contributed by atoms with Crippen LogP contribution in [0.15, 0.2) is 0 Å². The van der Waals surface area contributed by atoms with Crippen molar-refractivity contribution < 1.29 is 228 Å². The van der Waals surface area contributed by atoms with Crippen molar-refractivity contribution in [3.05, 3.63) is 0 Å². The quantitative estimate of drug-likeness (QED) is 0.0541. The van der Waals surface area contributed by atoms with Crippen LogP contribution < -0.4 is 0 Å². The Labute approximate surface area is 430 Å². The summed E-state index contributed by atoms with van der Waals surface area (Å²) in [7, 11) is -8.06. The molecule has 0 amide bonds. The fraction of sp³-hybridized carbons (Fsp3) is 1.00. The number of halogens is 52. The number of hydrogen-bond donors (Lipinski definition) is 0. The highest BCUT2D eigenvalue weighted by Crippen LogP contribution is 2.71. The molecular weight excluding hydrogens is 1400 g/mol. The van der Waals surface area contributed by atoms with E-state index in [0.717, 1.165) is 0 Å². The topological polar surface area (TPSA) is 0 Å². The molecule has 0 aromatic carbocycles. The van der Waals surface area contributed by atoms with Crippen LogP contribution in [0.5, 0.6) is 0 Å². The lowest BCUT2D eigenvalue weighted by molar-refractivity contribution is -0.440. The van der Waals surface area contributed by atoms with Crippen LogP contribution >= 0.6 is 7.26 Å². The van der Waals surface area contributed by atoms with Crippen molar-refractivity contribution in [1.82, 2.24) is 0 Å². The molecule has 0 aliphatic carbocycles. The van der Waals surface area contributed by atoms with E-state index < -0.39 is 201 Å². The third-order valence-electron chi connectivity index (χ3n) is 11.6. The first kappa shape index (κ1) is 81.8. The molecule has 512 valence electrons. The van der Waals surface area contributed by atoms with Gasteiger partial charge in [0.15, 0.2) is 0 Å². The first-order chi connectivity index (χ1) is 35.8. The van der Waals surface area contributed by atoms with Gasteiger partial charge in [0.25, 0.3) is 0 Å². The molecule has 0 saturated carbocycles. The second kappa shape index (κ2) is 21.5. The van der Waals surface area contributed by atoms with Crippen LogP contribution in [0.3, 0.4) is 0 Å². The highest BCUT2D eigenvalue weighted by Gasteiger charge is 2.95. The molecule has 0 atom stereocenters. The molecule has 0 spiro atoms. The summed E-state index contributed by atoms with van der Waals surface area (Å²) in [5.41, 5.74) is 0. The van der Waals surface area contributed by atoms with Crippen molar-refractivity contribution in [2.45, 2.75) is 169 Å². The van der Waals surface area contributed by atoms with Crippen LogP contribution in [0.2, 0.25) is 0 Å². The smallest absolute Gasteiger partial charge is 0.199 e. The summed E-state index contributed by atoms with van der Waals surface area (Å²) in [6.07, 6.45) is -71.3. The Balaban J connectivity index is 9.36. The maximum absolute atomic E-state index is 15.0. The van der Waals surface area contributed by atoms with Gasteiger partial charge in [-0.2, -0.15) is 228 Å². The molecule has 0 aromatic rings. The summed E-state index contributed by atoms with van der Waals surface area (Å²) < 4.78 is 719. The molecule has 0 aliphatic heterocycles. The number of alkyl halides is 52. The molecule has 0 saturated heterocycles. The average Bonchev–Trinajstić information content (AvgIpc) is 3.25. The van der Waals surface area contributed by atoms with E-state index in [1.807, 2.05) is 0 Å². The van der Waals surface area contributed by atoms with Gasteiger partial charge in [-0.1, -0.05) is 0 Å². The third kappa shape index (κ3) is 12.0. The summed E-state index contributed by atoms with van der Waals surface area (Å²) in [4.78, 5) is 0. The average molecular weight is 1420 g/mol. The summed E-state index contributed by atoms with van der Waals surface area (Å²) >= 11 is 0. The highest BCUT2D eigenvalue weighted by molar-refractivity contribution is 7.75. The van der Waals surface area contributed by atoms with E-state index in [1.54, 1.807) is 0 Å². The van der Waals surface area contributed by atoms with Crippen LogP contribution in [0.4, 0.5) is 228 Å². The van der Waals surface area contributed by atoms with E-state index in [-0.39, 0.29) is 0 Å². The lowest BCUT2D eigenvalue weighted by Crippen LogP contribution is -2.70. The summed E-state index contributed by atoms with van der Waals surface area (Å²) in [6, 6.07) is 0. The number of hydrogen-bond acceptors (Lipinski definition) is 0. The van der Waals surface area contributed by atoms with Crippen molar-refractivity contribution in [2.75, 3.05) is 24.6 Å². The van der Waals surface area contributed by atoms with Crippen molar-refractivity contribution in [3.63, 3.8) is 0 Å². The molecule has 85 heavy (non-hydrogen) atoms. The molecule has 0 N–H and O–H groups in total. The van der Waals surface area contributed by atoms with E-state index >= 15 is 35.1 Å². The molecule has 0 aliphatic rings. The van der Waals surface area contributed by atoms with Crippen molar-refractivity contribution >= 4 is 7.26 Å². The van der Waals surface area contributed by atoms with Crippen molar-refractivity contribution in [2.24, 2.45) is 0 Å². The zero-order valence-corrected chi connectivity index (χ0v) is 38.7. The molecular formula is C32H16F52P+. The minimum Gasteiger partial charge on any atom is -0.199 e. The zero-order chi connectivity index (χ0) is 70.2. The number of rotatable bonds is 28. The predicted molar refractivity (Wildman–Crippen MR) is 168 cm³/mol. The molecule has 0 bridgehead atoms. The maximum Gasteiger partial charge on any atom is 0.460 e. The maximum atomic E-state index is 15.0. The molecule has 0 fully saturated rings. The van der Waals surface area contributed by atoms with Gasteiger partial charge in [0.2, 0.25) is 0 Å². The van der Waals surface area contributed by atoms with E-state index in [1.165, 1.54) is 0 Å². The van der Waals surface area contributed by atoms with Crippen LogP contribution in [-0.4, -0.2) is 168 Å². The second-order valence-corrected chi connectivity index (χ2v) is 21.7. The summed E-state index contributed by atoms with van der Waals surface area (Å²) in [5.74, 6) is -181. The van der Waals surface area contributed by atoms with Crippen molar-refractivity contribution in [3.8, 4) is 0 Å². The zero-order valence-electron chi connectivity index (χ0n) is 37.8. The molecule has 0 rings (SSSR count). The lowest BCUT2D eigenvalue weighted by atomic mass is 9.93. The van der Waals surface area contributed by atoms with Gasteiger partial charge in [0, 0.05) is 7.26 Å². The van der Waals surface area contributed by atoms with Gasteiger partial charge < -0.3 is 0 Å². The highest BCUT2D eigenvalue weighted by atomic mass is 31.2. The third-order valence-corrected chi connectivity index (χ3v) is 16.3. The minimum atomic E-state index is -9.40. The second-order valence-electron chi connectivity index (χ2n) is 17.2. The van der Waals surface area contributed by atoms with Gasteiger partial charge in [0.05, 0.1) is 50.3 Å². The summed E-state index contributed by atoms with van der Waals surface area (Å²) in [6.45, 7) is 0. The van der Waals surface area contributed by atoms with E-state index in [4.69, 9.17) is 0 Å². The Hall–Kier alpha value is -3.21. The van der Waals surface area contributed by atoms with Crippen LogP contribution in [0.25, 0.3) is 0 Å². The van der Waals surface area contributed by atoms with Gasteiger partial charge in [-0.3, -0.25) is 0 Å². The first-order valence-corrected chi connectivity index (χ1v) is 22.0.